The van der Waals surface area contributed by atoms with Gasteiger partial charge in [0.1, 0.15) is 0 Å². The highest BCUT2D eigenvalue weighted by atomic mass is 79.9. The summed E-state index contributed by atoms with van der Waals surface area (Å²) >= 11 is 3.69. The van der Waals surface area contributed by atoms with Crippen LogP contribution in [0.1, 0.15) is 44.7 Å². The normalized spacial score (nSPS) is 15.7. The van der Waals surface area contributed by atoms with E-state index >= 15 is 0 Å². The van der Waals surface area contributed by atoms with Crippen LogP contribution in [0.5, 0.6) is 0 Å². The number of hydrogen-bond acceptors (Lipinski definition) is 3. The number of nitrogens with zero attached hydrogens (tertiary/aromatic N) is 2. The Hall–Kier alpha value is -1.05. The number of benzene rings is 1. The predicted octanol–water partition coefficient (Wildman–Crippen LogP) is 4.00. The van der Waals surface area contributed by atoms with Gasteiger partial charge in [-0.2, -0.15) is 5.26 Å². The van der Waals surface area contributed by atoms with Crippen molar-refractivity contribution in [1.29, 1.82) is 5.26 Å². The Labute approximate surface area is 130 Å². The highest BCUT2D eigenvalue weighted by molar-refractivity contribution is 9.10. The zero-order valence-electron chi connectivity index (χ0n) is 12.2. The molecule has 20 heavy (non-hydrogen) atoms. The molecule has 0 saturated heterocycles. The molecular formula is C16H22BrN3. The molecule has 1 aliphatic carbocycles. The van der Waals surface area contributed by atoms with Gasteiger partial charge in [0.2, 0.25) is 0 Å². The molecule has 0 spiro atoms. The lowest BCUT2D eigenvalue weighted by Crippen LogP contribution is -2.26. The van der Waals surface area contributed by atoms with E-state index in [-0.39, 0.29) is 0 Å². The van der Waals surface area contributed by atoms with Gasteiger partial charge in [-0.25, -0.2) is 0 Å². The van der Waals surface area contributed by atoms with E-state index < -0.39 is 0 Å². The minimum absolute atomic E-state index is 0.344. The smallest absolute Gasteiger partial charge is 0.0640 e. The molecule has 2 rings (SSSR count). The van der Waals surface area contributed by atoms with Crippen LogP contribution in [0.3, 0.4) is 0 Å². The van der Waals surface area contributed by atoms with Gasteiger partial charge in [-0.15, -0.1) is 0 Å². The maximum Gasteiger partial charge on any atom is 0.0640 e. The van der Waals surface area contributed by atoms with E-state index in [0.29, 0.717) is 18.5 Å². The summed E-state index contributed by atoms with van der Waals surface area (Å²) in [4.78, 5) is 2.37. The van der Waals surface area contributed by atoms with Gasteiger partial charge >= 0.3 is 0 Å². The highest BCUT2D eigenvalue weighted by Crippen LogP contribution is 2.35. The van der Waals surface area contributed by atoms with E-state index in [2.05, 4.69) is 64.3 Å². The summed E-state index contributed by atoms with van der Waals surface area (Å²) in [5.74, 6) is 0. The predicted molar refractivity (Wildman–Crippen MR) is 86.8 cm³/mol. The van der Waals surface area contributed by atoms with E-state index in [9.17, 15) is 0 Å². The molecule has 3 nitrogen and oxygen atoms in total. The second-order valence-corrected chi connectivity index (χ2v) is 6.17. The molecule has 0 radical (unpaired) electrons. The Kier molecular flexibility index (Phi) is 5.45. The monoisotopic (exact) mass is 335 g/mol. The van der Waals surface area contributed by atoms with Crippen LogP contribution < -0.4 is 10.2 Å². The van der Waals surface area contributed by atoms with Crippen molar-refractivity contribution in [2.75, 3.05) is 18.0 Å². The van der Waals surface area contributed by atoms with Crippen LogP contribution in [0.15, 0.2) is 22.7 Å². The van der Waals surface area contributed by atoms with Crippen LogP contribution in [0.2, 0.25) is 0 Å². The topological polar surface area (TPSA) is 39.1 Å². The fourth-order valence-corrected chi connectivity index (χ4v) is 3.25. The van der Waals surface area contributed by atoms with Gasteiger partial charge in [-0.05, 0) is 44.0 Å². The number of rotatable bonds is 7. The van der Waals surface area contributed by atoms with Crippen LogP contribution in [0.4, 0.5) is 5.69 Å². The summed E-state index contributed by atoms with van der Waals surface area (Å²) in [7, 11) is 0. The Morgan fingerprint density at radius 1 is 1.50 bits per heavy atom. The van der Waals surface area contributed by atoms with E-state index in [1.54, 1.807) is 0 Å². The minimum atomic E-state index is 0.344. The van der Waals surface area contributed by atoms with E-state index in [1.807, 2.05) is 0 Å². The Morgan fingerprint density at radius 2 is 2.25 bits per heavy atom. The second-order valence-electron chi connectivity index (χ2n) is 5.32. The summed E-state index contributed by atoms with van der Waals surface area (Å²) in [6.07, 6.45) is 3.08. The molecular weight excluding hydrogens is 314 g/mol. The van der Waals surface area contributed by atoms with Crippen molar-refractivity contribution in [2.45, 2.75) is 45.2 Å². The summed E-state index contributed by atoms with van der Waals surface area (Å²) in [5, 5.41) is 12.2. The third-order valence-corrected chi connectivity index (χ3v) is 4.43. The molecule has 1 aromatic rings. The molecule has 0 aromatic heterocycles. The third kappa shape index (κ3) is 3.74. The maximum absolute atomic E-state index is 8.80. The van der Waals surface area contributed by atoms with E-state index in [0.717, 1.165) is 17.6 Å². The minimum Gasteiger partial charge on any atom is -0.367 e. The van der Waals surface area contributed by atoms with Gasteiger partial charge in [0, 0.05) is 28.8 Å². The molecule has 1 unspecified atom stereocenters. The van der Waals surface area contributed by atoms with E-state index in [1.165, 1.54) is 24.1 Å². The van der Waals surface area contributed by atoms with Crippen molar-refractivity contribution in [3.05, 3.63) is 28.2 Å². The average molecular weight is 336 g/mol. The van der Waals surface area contributed by atoms with Crippen LogP contribution >= 0.6 is 15.9 Å². The molecule has 0 aliphatic heterocycles. The summed E-state index contributed by atoms with van der Waals surface area (Å²) < 4.78 is 1.14. The fraction of sp³-hybridized carbons (Fsp3) is 0.562. The number of nitrogens with one attached hydrogen (secondary N) is 1. The molecule has 0 amide bonds. The van der Waals surface area contributed by atoms with Crippen molar-refractivity contribution in [1.82, 2.24) is 5.32 Å². The molecule has 108 valence electrons. The Bertz CT molecular complexity index is 491. The van der Waals surface area contributed by atoms with Crippen LogP contribution in [0.25, 0.3) is 0 Å². The maximum atomic E-state index is 8.80. The Morgan fingerprint density at radius 3 is 2.80 bits per heavy atom. The fourth-order valence-electron chi connectivity index (χ4n) is 2.54. The molecule has 0 heterocycles. The lowest BCUT2D eigenvalue weighted by molar-refractivity contribution is 0.596. The van der Waals surface area contributed by atoms with Crippen molar-refractivity contribution in [2.24, 2.45) is 0 Å². The van der Waals surface area contributed by atoms with Crippen molar-refractivity contribution >= 4 is 21.6 Å². The SMILES string of the molecule is CCNC(C)c1ccc(N(CCC#N)C2CC2)cc1Br. The summed E-state index contributed by atoms with van der Waals surface area (Å²) in [6, 6.07) is 9.79. The average Bonchev–Trinajstić information content (AvgIpc) is 3.24. The van der Waals surface area contributed by atoms with Crippen LogP contribution in [0, 0.1) is 11.3 Å². The summed E-state index contributed by atoms with van der Waals surface area (Å²) in [6.45, 7) is 6.09. The van der Waals surface area contributed by atoms with Gasteiger partial charge in [-0.1, -0.05) is 28.9 Å². The highest BCUT2D eigenvalue weighted by Gasteiger charge is 2.29. The molecule has 1 saturated carbocycles. The number of halogens is 1. The first-order valence-electron chi connectivity index (χ1n) is 7.33. The Balaban J connectivity index is 2.16. The standard InChI is InChI=1S/C16H22BrN3/c1-3-19-12(2)15-8-7-14(11-16(15)17)20(10-4-9-18)13-5-6-13/h7-8,11-13,19H,3-6,10H2,1-2H3. The quantitative estimate of drug-likeness (QED) is 0.818. The van der Waals surface area contributed by atoms with Crippen LogP contribution in [-0.4, -0.2) is 19.1 Å². The third-order valence-electron chi connectivity index (χ3n) is 3.74. The lowest BCUT2D eigenvalue weighted by atomic mass is 10.1. The molecule has 1 N–H and O–H groups in total. The zero-order chi connectivity index (χ0) is 14.5. The number of nitriles is 1. The first-order valence-corrected chi connectivity index (χ1v) is 8.13. The molecule has 1 aromatic carbocycles. The van der Waals surface area contributed by atoms with Gasteiger partial charge in [0.05, 0.1) is 12.5 Å². The zero-order valence-corrected chi connectivity index (χ0v) is 13.8. The van der Waals surface area contributed by atoms with Gasteiger partial charge in [0.25, 0.3) is 0 Å². The van der Waals surface area contributed by atoms with Crippen molar-refractivity contribution in [3.8, 4) is 6.07 Å². The largest absolute Gasteiger partial charge is 0.367 e. The molecule has 0 bridgehead atoms. The molecule has 1 atom stereocenters. The first-order chi connectivity index (χ1) is 9.67. The van der Waals surface area contributed by atoms with E-state index in [4.69, 9.17) is 5.26 Å². The van der Waals surface area contributed by atoms with Gasteiger partial charge < -0.3 is 10.2 Å². The van der Waals surface area contributed by atoms with Crippen molar-refractivity contribution < 1.29 is 0 Å². The summed E-state index contributed by atoms with van der Waals surface area (Å²) in [5.41, 5.74) is 2.51. The number of hydrogen-bond donors (Lipinski definition) is 1. The molecule has 4 heteroatoms. The van der Waals surface area contributed by atoms with Crippen molar-refractivity contribution in [3.63, 3.8) is 0 Å². The van der Waals surface area contributed by atoms with Gasteiger partial charge in [0.15, 0.2) is 0 Å². The van der Waals surface area contributed by atoms with Gasteiger partial charge in [-0.3, -0.25) is 0 Å². The molecule has 1 aliphatic rings. The number of anilines is 1. The van der Waals surface area contributed by atoms with Crippen LogP contribution in [-0.2, 0) is 0 Å². The lowest BCUT2D eigenvalue weighted by Gasteiger charge is -2.25. The second kappa shape index (κ2) is 7.10. The first kappa shape index (κ1) is 15.3. The molecule has 1 fully saturated rings.